The summed E-state index contributed by atoms with van der Waals surface area (Å²) >= 11 is 5.94. The number of nitrogens with zero attached hydrogens (tertiary/aromatic N) is 1. The molecule has 0 N–H and O–H groups in total. The molecule has 0 aliphatic heterocycles. The van der Waals surface area contributed by atoms with Gasteiger partial charge in [0, 0.05) is 5.39 Å². The number of aromatic nitrogens is 1. The van der Waals surface area contributed by atoms with Gasteiger partial charge in [-0.15, -0.1) is 0 Å². The Bertz CT molecular complexity index is 538. The van der Waals surface area contributed by atoms with Crippen molar-refractivity contribution in [2.75, 3.05) is 0 Å². The van der Waals surface area contributed by atoms with Crippen molar-refractivity contribution in [3.05, 3.63) is 40.5 Å². The van der Waals surface area contributed by atoms with E-state index in [1.165, 1.54) is 16.5 Å². The maximum Gasteiger partial charge on any atom is 0.130 e. The Morgan fingerprint density at radius 1 is 1.12 bits per heavy atom. The number of hydrogen-bond acceptors (Lipinski definition) is 1. The highest BCUT2D eigenvalue weighted by Crippen LogP contribution is 2.27. The molecule has 0 aliphatic rings. The maximum atomic E-state index is 5.94. The minimum Gasteiger partial charge on any atom is -0.236 e. The molecule has 1 heterocycles. The number of aryl methyl sites for hydroxylation is 1. The van der Waals surface area contributed by atoms with Crippen LogP contribution < -0.4 is 0 Å². The lowest BCUT2D eigenvalue weighted by Gasteiger charge is -2.19. The summed E-state index contributed by atoms with van der Waals surface area (Å²) in [6.07, 6.45) is 0. The number of pyridine rings is 1. The van der Waals surface area contributed by atoms with Gasteiger partial charge in [0.15, 0.2) is 0 Å². The van der Waals surface area contributed by atoms with E-state index in [9.17, 15) is 0 Å². The molecular formula is C14H16ClN. The van der Waals surface area contributed by atoms with Gasteiger partial charge in [-0.1, -0.05) is 38.4 Å². The lowest BCUT2D eigenvalue weighted by Crippen LogP contribution is -2.10. The second-order valence-corrected chi connectivity index (χ2v) is 5.63. The highest BCUT2D eigenvalue weighted by atomic mass is 35.5. The minimum absolute atomic E-state index is 0.167. The summed E-state index contributed by atoms with van der Waals surface area (Å²) < 4.78 is 0. The summed E-state index contributed by atoms with van der Waals surface area (Å²) in [6.45, 7) is 8.72. The van der Waals surface area contributed by atoms with Crippen molar-refractivity contribution in [1.82, 2.24) is 4.98 Å². The lowest BCUT2D eigenvalue weighted by molar-refractivity contribution is 0.591. The van der Waals surface area contributed by atoms with Gasteiger partial charge in [-0.2, -0.15) is 0 Å². The van der Waals surface area contributed by atoms with E-state index in [2.05, 4.69) is 50.9 Å². The molecule has 0 unspecified atom stereocenters. The highest BCUT2D eigenvalue weighted by molar-refractivity contribution is 6.29. The van der Waals surface area contributed by atoms with Gasteiger partial charge in [-0.3, -0.25) is 0 Å². The maximum absolute atomic E-state index is 5.94. The van der Waals surface area contributed by atoms with Gasteiger partial charge in [-0.05, 0) is 41.7 Å². The van der Waals surface area contributed by atoms with Crippen LogP contribution in [-0.4, -0.2) is 4.98 Å². The summed E-state index contributed by atoms with van der Waals surface area (Å²) in [5.41, 5.74) is 3.65. The molecule has 2 heteroatoms. The fourth-order valence-corrected chi connectivity index (χ4v) is 2.07. The van der Waals surface area contributed by atoms with Crippen LogP contribution in [0.5, 0.6) is 0 Å². The average Bonchev–Trinajstić information content (AvgIpc) is 2.15. The number of halogens is 1. The molecule has 0 radical (unpaired) electrons. The van der Waals surface area contributed by atoms with Crippen LogP contribution in [0.25, 0.3) is 10.9 Å². The first kappa shape index (κ1) is 11.4. The zero-order valence-corrected chi connectivity index (χ0v) is 10.9. The number of benzene rings is 1. The first-order valence-corrected chi connectivity index (χ1v) is 5.83. The van der Waals surface area contributed by atoms with Gasteiger partial charge in [0.1, 0.15) is 5.15 Å². The van der Waals surface area contributed by atoms with E-state index in [0.29, 0.717) is 5.15 Å². The third kappa shape index (κ3) is 2.05. The van der Waals surface area contributed by atoms with Crippen LogP contribution >= 0.6 is 11.6 Å². The molecule has 84 valence electrons. The third-order valence-electron chi connectivity index (χ3n) is 2.85. The normalized spacial score (nSPS) is 12.1. The molecule has 0 fully saturated rings. The molecule has 0 saturated heterocycles. The molecule has 0 bridgehead atoms. The predicted molar refractivity (Wildman–Crippen MR) is 70.2 cm³/mol. The van der Waals surface area contributed by atoms with Crippen molar-refractivity contribution in [3.8, 4) is 0 Å². The quantitative estimate of drug-likeness (QED) is 0.611. The molecule has 2 rings (SSSR count). The predicted octanol–water partition coefficient (Wildman–Crippen LogP) is 4.49. The van der Waals surface area contributed by atoms with Crippen LogP contribution in [0, 0.1) is 6.92 Å². The fourth-order valence-electron chi connectivity index (χ4n) is 1.82. The van der Waals surface area contributed by atoms with E-state index in [1.54, 1.807) is 0 Å². The Labute approximate surface area is 101 Å². The zero-order valence-electron chi connectivity index (χ0n) is 10.1. The minimum atomic E-state index is 0.167. The Morgan fingerprint density at radius 3 is 2.44 bits per heavy atom. The van der Waals surface area contributed by atoms with E-state index in [-0.39, 0.29) is 5.41 Å². The molecule has 0 spiro atoms. The van der Waals surface area contributed by atoms with Gasteiger partial charge < -0.3 is 0 Å². The van der Waals surface area contributed by atoms with Crippen molar-refractivity contribution in [1.29, 1.82) is 0 Å². The van der Waals surface area contributed by atoms with Gasteiger partial charge >= 0.3 is 0 Å². The monoisotopic (exact) mass is 233 g/mol. The molecule has 16 heavy (non-hydrogen) atoms. The van der Waals surface area contributed by atoms with Crippen LogP contribution in [0.4, 0.5) is 0 Å². The van der Waals surface area contributed by atoms with E-state index >= 15 is 0 Å². The molecule has 0 aliphatic carbocycles. The van der Waals surface area contributed by atoms with Crippen molar-refractivity contribution in [2.45, 2.75) is 33.1 Å². The molecular weight excluding hydrogens is 218 g/mol. The summed E-state index contributed by atoms with van der Waals surface area (Å²) in [6, 6.07) is 8.31. The SMILES string of the molecule is Cc1cc(Cl)nc2ccc(C(C)(C)C)cc12. The summed E-state index contributed by atoms with van der Waals surface area (Å²) in [5.74, 6) is 0. The third-order valence-corrected chi connectivity index (χ3v) is 3.04. The van der Waals surface area contributed by atoms with Crippen molar-refractivity contribution >= 4 is 22.5 Å². The van der Waals surface area contributed by atoms with Gasteiger partial charge in [-0.25, -0.2) is 4.98 Å². The fraction of sp³-hybridized carbons (Fsp3) is 0.357. The van der Waals surface area contributed by atoms with E-state index in [1.807, 2.05) is 6.07 Å². The van der Waals surface area contributed by atoms with Crippen LogP contribution in [-0.2, 0) is 5.41 Å². The van der Waals surface area contributed by atoms with Crippen LogP contribution in [0.1, 0.15) is 31.9 Å². The smallest absolute Gasteiger partial charge is 0.130 e. The summed E-state index contributed by atoms with van der Waals surface area (Å²) in [4.78, 5) is 4.33. The van der Waals surface area contributed by atoms with E-state index in [0.717, 1.165) is 5.52 Å². The number of hydrogen-bond donors (Lipinski definition) is 0. The molecule has 1 aromatic carbocycles. The van der Waals surface area contributed by atoms with E-state index < -0.39 is 0 Å². The summed E-state index contributed by atoms with van der Waals surface area (Å²) in [5, 5.41) is 1.75. The second-order valence-electron chi connectivity index (χ2n) is 5.24. The Morgan fingerprint density at radius 2 is 1.81 bits per heavy atom. The molecule has 1 nitrogen and oxygen atoms in total. The first-order valence-electron chi connectivity index (χ1n) is 5.45. The van der Waals surface area contributed by atoms with Crippen LogP contribution in [0.3, 0.4) is 0 Å². The second kappa shape index (κ2) is 3.74. The first-order chi connectivity index (χ1) is 7.38. The average molecular weight is 234 g/mol. The molecule has 2 aromatic rings. The number of fused-ring (bicyclic) bond motifs is 1. The molecule has 0 saturated carbocycles. The summed E-state index contributed by atoms with van der Waals surface area (Å²) in [7, 11) is 0. The zero-order chi connectivity index (χ0) is 11.9. The van der Waals surface area contributed by atoms with Gasteiger partial charge in [0.25, 0.3) is 0 Å². The number of rotatable bonds is 0. The van der Waals surface area contributed by atoms with Crippen LogP contribution in [0.15, 0.2) is 24.3 Å². The molecule has 0 amide bonds. The van der Waals surface area contributed by atoms with Crippen molar-refractivity contribution in [2.24, 2.45) is 0 Å². The molecule has 1 aromatic heterocycles. The van der Waals surface area contributed by atoms with Crippen LogP contribution in [0.2, 0.25) is 5.15 Å². The Hall–Kier alpha value is -1.08. The topological polar surface area (TPSA) is 12.9 Å². The Balaban J connectivity index is 2.72. The van der Waals surface area contributed by atoms with Crippen molar-refractivity contribution < 1.29 is 0 Å². The Kier molecular flexibility index (Phi) is 2.67. The highest BCUT2D eigenvalue weighted by Gasteiger charge is 2.14. The van der Waals surface area contributed by atoms with Crippen molar-refractivity contribution in [3.63, 3.8) is 0 Å². The lowest BCUT2D eigenvalue weighted by atomic mass is 9.86. The van der Waals surface area contributed by atoms with Gasteiger partial charge in [0.05, 0.1) is 5.52 Å². The van der Waals surface area contributed by atoms with Gasteiger partial charge in [0.2, 0.25) is 0 Å². The molecule has 0 atom stereocenters. The standard InChI is InChI=1S/C14H16ClN/c1-9-7-13(15)16-12-6-5-10(8-11(9)12)14(2,3)4/h5-8H,1-4H3. The van der Waals surface area contributed by atoms with E-state index in [4.69, 9.17) is 11.6 Å². The largest absolute Gasteiger partial charge is 0.236 e.